The molecule has 0 radical (unpaired) electrons. The zero-order chi connectivity index (χ0) is 13.9. The van der Waals surface area contributed by atoms with Gasteiger partial charge in [-0.25, -0.2) is 4.79 Å². The van der Waals surface area contributed by atoms with Crippen molar-refractivity contribution in [1.82, 2.24) is 0 Å². The van der Waals surface area contributed by atoms with Gasteiger partial charge in [-0.05, 0) is 60.2 Å². The lowest BCUT2D eigenvalue weighted by Gasteiger charge is -2.06. The summed E-state index contributed by atoms with van der Waals surface area (Å²) in [5.74, 6) is -0.0609. The maximum Gasteiger partial charge on any atom is 0.335 e. The number of hydrogen-bond donors (Lipinski definition) is 1. The largest absolute Gasteiger partial charge is 0.478 e. The number of carboxylic acids is 1. The van der Waals surface area contributed by atoms with Gasteiger partial charge in [-0.3, -0.25) is 0 Å². The zero-order valence-corrected chi connectivity index (χ0v) is 12.0. The lowest BCUT2D eigenvalue weighted by atomic mass is 10.1. The van der Waals surface area contributed by atoms with Crippen LogP contribution in [0, 0.1) is 0 Å². The summed E-state index contributed by atoms with van der Waals surface area (Å²) in [6.07, 6.45) is 3.67. The summed E-state index contributed by atoms with van der Waals surface area (Å²) in [4.78, 5) is 12.2. The maximum absolute atomic E-state index is 10.9. The first-order valence-electron chi connectivity index (χ1n) is 6.79. The summed E-state index contributed by atoms with van der Waals surface area (Å²) < 4.78 is 0. The van der Waals surface area contributed by atoms with E-state index in [1.54, 1.807) is 23.9 Å². The van der Waals surface area contributed by atoms with E-state index in [0.717, 1.165) is 11.3 Å². The van der Waals surface area contributed by atoms with E-state index in [1.807, 2.05) is 12.1 Å². The summed E-state index contributed by atoms with van der Waals surface area (Å²) in [7, 11) is 0. The minimum Gasteiger partial charge on any atom is -0.478 e. The van der Waals surface area contributed by atoms with Crippen molar-refractivity contribution >= 4 is 17.7 Å². The second-order valence-corrected chi connectivity index (χ2v) is 6.13. The Hall–Kier alpha value is -1.74. The Kier molecular flexibility index (Phi) is 3.79. The van der Waals surface area contributed by atoms with Gasteiger partial charge in [0.05, 0.1) is 5.56 Å². The molecule has 1 aliphatic carbocycles. The normalized spacial score (nSPS) is 13.2. The number of aromatic carboxylic acids is 1. The van der Waals surface area contributed by atoms with Gasteiger partial charge in [-0.2, -0.15) is 0 Å². The van der Waals surface area contributed by atoms with Gasteiger partial charge in [0.1, 0.15) is 0 Å². The van der Waals surface area contributed by atoms with Crippen molar-refractivity contribution < 1.29 is 9.90 Å². The van der Waals surface area contributed by atoms with Crippen LogP contribution in [-0.4, -0.2) is 11.1 Å². The molecule has 2 aromatic rings. The Labute approximate surface area is 122 Å². The molecule has 102 valence electrons. The van der Waals surface area contributed by atoms with Gasteiger partial charge in [-0.15, -0.1) is 11.8 Å². The van der Waals surface area contributed by atoms with Gasteiger partial charge in [0, 0.05) is 10.6 Å². The highest BCUT2D eigenvalue weighted by Gasteiger charge is 2.11. The predicted octanol–water partition coefficient (Wildman–Crippen LogP) is 4.17. The van der Waals surface area contributed by atoms with Crippen LogP contribution in [0.5, 0.6) is 0 Å². The van der Waals surface area contributed by atoms with Crippen LogP contribution in [0.4, 0.5) is 0 Å². The summed E-state index contributed by atoms with van der Waals surface area (Å²) >= 11 is 1.77. The number of aryl methyl sites for hydroxylation is 2. The Morgan fingerprint density at radius 1 is 1.10 bits per heavy atom. The number of fused-ring (bicyclic) bond motifs is 1. The highest BCUT2D eigenvalue weighted by atomic mass is 32.2. The first-order valence-corrected chi connectivity index (χ1v) is 7.78. The van der Waals surface area contributed by atoms with Crippen LogP contribution in [0.15, 0.2) is 47.4 Å². The van der Waals surface area contributed by atoms with E-state index in [0.29, 0.717) is 5.56 Å². The van der Waals surface area contributed by atoms with Crippen LogP contribution in [0.3, 0.4) is 0 Å². The molecule has 2 aromatic carbocycles. The molecular formula is C17H16O2S. The summed E-state index contributed by atoms with van der Waals surface area (Å²) in [6, 6.07) is 13.9. The van der Waals surface area contributed by atoms with Crippen molar-refractivity contribution in [3.8, 4) is 0 Å². The van der Waals surface area contributed by atoms with Crippen molar-refractivity contribution in [3.63, 3.8) is 0 Å². The van der Waals surface area contributed by atoms with E-state index in [1.165, 1.54) is 35.3 Å². The fraction of sp³-hybridized carbons (Fsp3) is 0.235. The molecule has 1 aliphatic rings. The third-order valence-electron chi connectivity index (χ3n) is 3.65. The van der Waals surface area contributed by atoms with E-state index in [-0.39, 0.29) is 0 Å². The average Bonchev–Trinajstić information content (AvgIpc) is 2.93. The molecule has 1 N–H and O–H groups in total. The molecule has 0 saturated carbocycles. The van der Waals surface area contributed by atoms with Gasteiger partial charge in [0.15, 0.2) is 0 Å². The molecule has 3 rings (SSSR count). The Morgan fingerprint density at radius 2 is 1.95 bits per heavy atom. The van der Waals surface area contributed by atoms with Crippen molar-refractivity contribution in [2.24, 2.45) is 0 Å². The third kappa shape index (κ3) is 2.88. The standard InChI is InChI=1S/C17H16O2S/c18-17(19)15-6-1-3-12(9-15)11-20-16-8-7-13-4-2-5-14(13)10-16/h1,3,6-10H,2,4-5,11H2,(H,18,19). The molecule has 0 fully saturated rings. The lowest BCUT2D eigenvalue weighted by molar-refractivity contribution is 0.0697. The first kappa shape index (κ1) is 13.3. The van der Waals surface area contributed by atoms with Crippen molar-refractivity contribution in [2.75, 3.05) is 0 Å². The predicted molar refractivity (Wildman–Crippen MR) is 81.4 cm³/mol. The van der Waals surface area contributed by atoms with Gasteiger partial charge in [-0.1, -0.05) is 18.2 Å². The molecule has 0 aromatic heterocycles. The second-order valence-electron chi connectivity index (χ2n) is 5.08. The molecule has 0 heterocycles. The van der Waals surface area contributed by atoms with E-state index in [9.17, 15) is 4.79 Å². The fourth-order valence-electron chi connectivity index (χ4n) is 2.60. The van der Waals surface area contributed by atoms with E-state index in [4.69, 9.17) is 5.11 Å². The molecule has 0 amide bonds. The van der Waals surface area contributed by atoms with Gasteiger partial charge in [0.25, 0.3) is 0 Å². The zero-order valence-electron chi connectivity index (χ0n) is 11.1. The van der Waals surface area contributed by atoms with Gasteiger partial charge < -0.3 is 5.11 Å². The van der Waals surface area contributed by atoms with Gasteiger partial charge in [0.2, 0.25) is 0 Å². The molecule has 0 unspecified atom stereocenters. The first-order chi connectivity index (χ1) is 9.72. The number of thioether (sulfide) groups is 1. The molecule has 0 bridgehead atoms. The number of carboxylic acid groups (broad SMARTS) is 1. The van der Waals surface area contributed by atoms with E-state index >= 15 is 0 Å². The molecule has 0 saturated heterocycles. The van der Waals surface area contributed by atoms with Gasteiger partial charge >= 0.3 is 5.97 Å². The Morgan fingerprint density at radius 3 is 2.80 bits per heavy atom. The summed E-state index contributed by atoms with van der Waals surface area (Å²) in [5.41, 5.74) is 4.38. The Bertz CT molecular complexity index is 649. The van der Waals surface area contributed by atoms with Crippen LogP contribution in [0.2, 0.25) is 0 Å². The number of hydrogen-bond acceptors (Lipinski definition) is 2. The van der Waals surface area contributed by atoms with Crippen LogP contribution in [0.1, 0.15) is 33.5 Å². The minimum atomic E-state index is -0.866. The van der Waals surface area contributed by atoms with Crippen LogP contribution in [-0.2, 0) is 18.6 Å². The van der Waals surface area contributed by atoms with Crippen LogP contribution >= 0.6 is 11.8 Å². The van der Waals surface area contributed by atoms with Crippen LogP contribution < -0.4 is 0 Å². The minimum absolute atomic E-state index is 0.358. The highest BCUT2D eigenvalue weighted by molar-refractivity contribution is 7.98. The highest BCUT2D eigenvalue weighted by Crippen LogP contribution is 2.29. The maximum atomic E-state index is 10.9. The molecule has 2 nitrogen and oxygen atoms in total. The smallest absolute Gasteiger partial charge is 0.335 e. The average molecular weight is 284 g/mol. The third-order valence-corrected chi connectivity index (χ3v) is 4.71. The quantitative estimate of drug-likeness (QED) is 0.856. The molecule has 0 spiro atoms. The lowest BCUT2D eigenvalue weighted by Crippen LogP contribution is -1.96. The van der Waals surface area contributed by atoms with Crippen LogP contribution in [0.25, 0.3) is 0 Å². The van der Waals surface area contributed by atoms with Crippen molar-refractivity contribution in [3.05, 3.63) is 64.7 Å². The van der Waals surface area contributed by atoms with Crippen molar-refractivity contribution in [2.45, 2.75) is 29.9 Å². The molecular weight excluding hydrogens is 268 g/mol. The monoisotopic (exact) mass is 284 g/mol. The number of benzene rings is 2. The Balaban J connectivity index is 1.70. The van der Waals surface area contributed by atoms with Crippen molar-refractivity contribution in [1.29, 1.82) is 0 Å². The topological polar surface area (TPSA) is 37.3 Å². The number of carbonyl (C=O) groups is 1. The second kappa shape index (κ2) is 5.71. The number of rotatable bonds is 4. The van der Waals surface area contributed by atoms with E-state index in [2.05, 4.69) is 18.2 Å². The molecule has 0 aliphatic heterocycles. The van der Waals surface area contributed by atoms with E-state index < -0.39 is 5.97 Å². The molecule has 0 atom stereocenters. The SMILES string of the molecule is O=C(O)c1cccc(CSc2ccc3c(c2)CCC3)c1. The fourth-order valence-corrected chi connectivity index (χ4v) is 3.50. The summed E-state index contributed by atoms with van der Waals surface area (Å²) in [6.45, 7) is 0. The summed E-state index contributed by atoms with van der Waals surface area (Å²) in [5, 5.41) is 8.99. The molecule has 3 heteroatoms. The molecule has 20 heavy (non-hydrogen) atoms.